The van der Waals surface area contributed by atoms with E-state index in [-0.39, 0.29) is 5.75 Å². The summed E-state index contributed by atoms with van der Waals surface area (Å²) in [5.41, 5.74) is 0.985. The van der Waals surface area contributed by atoms with E-state index in [4.69, 9.17) is 9.15 Å². The van der Waals surface area contributed by atoms with Crippen LogP contribution in [0.3, 0.4) is 0 Å². The van der Waals surface area contributed by atoms with Gasteiger partial charge in [-0.1, -0.05) is 6.07 Å². The minimum atomic E-state index is -1.01. The topological polar surface area (TPSA) is 65.2 Å². The lowest BCUT2D eigenvalue weighted by atomic mass is 10.2. The number of ether oxygens (including phenoxy) is 1. The van der Waals surface area contributed by atoms with E-state index in [1.165, 1.54) is 12.1 Å². The number of halogens is 2. The van der Waals surface area contributed by atoms with E-state index in [0.29, 0.717) is 22.7 Å². The molecule has 7 heteroatoms. The number of pyridine rings is 1. The van der Waals surface area contributed by atoms with Crippen LogP contribution in [0.1, 0.15) is 10.4 Å². The van der Waals surface area contributed by atoms with E-state index in [2.05, 4.69) is 9.97 Å². The van der Waals surface area contributed by atoms with Crippen molar-refractivity contribution in [3.05, 3.63) is 78.0 Å². The quantitative estimate of drug-likeness (QED) is 0.404. The van der Waals surface area contributed by atoms with Crippen LogP contribution in [0.2, 0.25) is 0 Å². The zero-order valence-corrected chi connectivity index (χ0v) is 13.1. The third-order valence-corrected chi connectivity index (χ3v) is 3.60. The Labute approximate surface area is 145 Å². The van der Waals surface area contributed by atoms with E-state index in [1.54, 1.807) is 30.5 Å². The fraction of sp³-hybridized carbons (Fsp3) is 0. The largest absolute Gasteiger partial charge is 0.435 e. The van der Waals surface area contributed by atoms with Crippen molar-refractivity contribution in [1.29, 1.82) is 0 Å². The Bertz CT molecular complexity index is 1110. The molecule has 26 heavy (non-hydrogen) atoms. The molecule has 0 fully saturated rings. The number of rotatable bonds is 3. The molecular weight excluding hydrogens is 342 g/mol. The first-order chi connectivity index (χ1) is 12.6. The summed E-state index contributed by atoms with van der Waals surface area (Å²) in [4.78, 5) is 20.5. The smallest absolute Gasteiger partial charge is 0.346 e. The van der Waals surface area contributed by atoms with Crippen molar-refractivity contribution in [2.75, 3.05) is 0 Å². The Hall–Kier alpha value is -3.61. The molecule has 0 unspecified atom stereocenters. The number of nitrogens with zero attached hydrogens (tertiary/aromatic N) is 2. The molecule has 0 saturated carbocycles. The molecule has 0 bridgehead atoms. The fourth-order valence-electron chi connectivity index (χ4n) is 2.38. The van der Waals surface area contributed by atoms with Gasteiger partial charge in [-0.15, -0.1) is 0 Å². The van der Waals surface area contributed by atoms with E-state index in [0.717, 1.165) is 18.2 Å². The van der Waals surface area contributed by atoms with Crippen LogP contribution >= 0.6 is 0 Å². The van der Waals surface area contributed by atoms with Crippen LogP contribution < -0.4 is 4.74 Å². The van der Waals surface area contributed by atoms with Crippen LogP contribution in [-0.2, 0) is 0 Å². The summed E-state index contributed by atoms with van der Waals surface area (Å²) in [6, 6.07) is 12.4. The number of carbonyl (C=O) groups excluding carboxylic acids is 1. The molecule has 4 rings (SSSR count). The summed E-state index contributed by atoms with van der Waals surface area (Å²) in [5.74, 6) is -2.17. The molecule has 2 heterocycles. The number of carbonyl (C=O) groups is 1. The van der Waals surface area contributed by atoms with Crippen molar-refractivity contribution in [2.45, 2.75) is 0 Å². The molecular formula is C19H10F2N2O3. The van der Waals surface area contributed by atoms with Crippen LogP contribution in [0.15, 0.2) is 65.2 Å². The first kappa shape index (κ1) is 15.9. The standard InChI is InChI=1S/C19H10F2N2O3/c20-11-4-6-14(21)13(9-11)19(24)25-12-5-7-15-17(10-12)26-18(23-15)16-3-1-2-8-22-16/h1-10H. The average Bonchev–Trinajstić information content (AvgIpc) is 3.08. The molecule has 0 N–H and O–H groups in total. The number of hydrogen-bond donors (Lipinski definition) is 0. The number of aromatic nitrogens is 2. The van der Waals surface area contributed by atoms with Gasteiger partial charge in [-0.3, -0.25) is 4.98 Å². The summed E-state index contributed by atoms with van der Waals surface area (Å²) in [5, 5.41) is 0. The lowest BCUT2D eigenvalue weighted by Gasteiger charge is -2.05. The molecule has 0 atom stereocenters. The van der Waals surface area contributed by atoms with Crippen LogP contribution in [-0.4, -0.2) is 15.9 Å². The monoisotopic (exact) mass is 352 g/mol. The van der Waals surface area contributed by atoms with Gasteiger partial charge in [0, 0.05) is 12.3 Å². The van der Waals surface area contributed by atoms with Gasteiger partial charge in [-0.05, 0) is 42.5 Å². The van der Waals surface area contributed by atoms with E-state index >= 15 is 0 Å². The van der Waals surface area contributed by atoms with Crippen molar-refractivity contribution < 1.29 is 22.7 Å². The second kappa shape index (κ2) is 6.36. The first-order valence-corrected chi connectivity index (χ1v) is 7.59. The summed E-state index contributed by atoms with van der Waals surface area (Å²) in [7, 11) is 0. The Morgan fingerprint density at radius 3 is 2.73 bits per heavy atom. The van der Waals surface area contributed by atoms with Gasteiger partial charge in [0.2, 0.25) is 5.89 Å². The molecule has 0 saturated heterocycles. The summed E-state index contributed by atoms with van der Waals surface area (Å²) < 4.78 is 37.6. The van der Waals surface area contributed by atoms with Gasteiger partial charge in [0.05, 0.1) is 5.56 Å². The van der Waals surface area contributed by atoms with Crippen molar-refractivity contribution in [1.82, 2.24) is 9.97 Å². The highest BCUT2D eigenvalue weighted by Crippen LogP contribution is 2.26. The van der Waals surface area contributed by atoms with Crippen LogP contribution in [0, 0.1) is 11.6 Å². The van der Waals surface area contributed by atoms with Crippen molar-refractivity contribution >= 4 is 17.1 Å². The molecule has 0 aliphatic heterocycles. The predicted molar refractivity (Wildman–Crippen MR) is 88.6 cm³/mol. The minimum absolute atomic E-state index is 0.120. The van der Waals surface area contributed by atoms with E-state index in [9.17, 15) is 13.6 Å². The number of fused-ring (bicyclic) bond motifs is 1. The van der Waals surface area contributed by atoms with E-state index < -0.39 is 23.2 Å². The third kappa shape index (κ3) is 3.02. The Morgan fingerprint density at radius 2 is 1.92 bits per heavy atom. The summed E-state index contributed by atoms with van der Waals surface area (Å²) in [6.07, 6.45) is 1.62. The van der Waals surface area contributed by atoms with Gasteiger partial charge in [-0.25, -0.2) is 18.6 Å². The molecule has 2 aromatic heterocycles. The Kier molecular flexibility index (Phi) is 3.89. The third-order valence-electron chi connectivity index (χ3n) is 3.60. The lowest BCUT2D eigenvalue weighted by molar-refractivity contribution is 0.0729. The van der Waals surface area contributed by atoms with E-state index in [1.807, 2.05) is 0 Å². The highest BCUT2D eigenvalue weighted by atomic mass is 19.1. The molecule has 0 spiro atoms. The Morgan fingerprint density at radius 1 is 1.04 bits per heavy atom. The van der Waals surface area contributed by atoms with Crippen LogP contribution in [0.5, 0.6) is 5.75 Å². The first-order valence-electron chi connectivity index (χ1n) is 7.59. The molecule has 0 aliphatic carbocycles. The molecule has 0 radical (unpaired) electrons. The number of hydrogen-bond acceptors (Lipinski definition) is 5. The number of esters is 1. The molecule has 4 aromatic rings. The molecule has 0 aliphatic rings. The molecule has 0 amide bonds. The average molecular weight is 352 g/mol. The highest BCUT2D eigenvalue weighted by Gasteiger charge is 2.16. The van der Waals surface area contributed by atoms with Gasteiger partial charge in [0.15, 0.2) is 5.58 Å². The zero-order valence-electron chi connectivity index (χ0n) is 13.1. The molecule has 128 valence electrons. The molecule has 5 nitrogen and oxygen atoms in total. The SMILES string of the molecule is O=C(Oc1ccc2nc(-c3ccccn3)oc2c1)c1cc(F)ccc1F. The maximum absolute atomic E-state index is 13.7. The van der Waals surface area contributed by atoms with Crippen molar-refractivity contribution in [2.24, 2.45) is 0 Å². The maximum Gasteiger partial charge on any atom is 0.346 e. The predicted octanol–water partition coefficient (Wildman–Crippen LogP) is 4.39. The maximum atomic E-state index is 13.7. The van der Waals surface area contributed by atoms with Gasteiger partial charge < -0.3 is 9.15 Å². The highest BCUT2D eigenvalue weighted by molar-refractivity contribution is 5.91. The lowest BCUT2D eigenvalue weighted by Crippen LogP contribution is -2.11. The minimum Gasteiger partial charge on any atom is -0.435 e. The van der Waals surface area contributed by atoms with Crippen LogP contribution in [0.4, 0.5) is 8.78 Å². The number of oxazole rings is 1. The summed E-state index contributed by atoms with van der Waals surface area (Å²) in [6.45, 7) is 0. The zero-order chi connectivity index (χ0) is 18.1. The molecule has 2 aromatic carbocycles. The van der Waals surface area contributed by atoms with Crippen LogP contribution in [0.25, 0.3) is 22.7 Å². The van der Waals surface area contributed by atoms with Gasteiger partial charge in [0.1, 0.15) is 28.6 Å². The Balaban J connectivity index is 1.63. The van der Waals surface area contributed by atoms with Gasteiger partial charge >= 0.3 is 5.97 Å². The second-order valence-electron chi connectivity index (χ2n) is 5.38. The van der Waals surface area contributed by atoms with Gasteiger partial charge in [-0.2, -0.15) is 0 Å². The summed E-state index contributed by atoms with van der Waals surface area (Å²) >= 11 is 0. The van der Waals surface area contributed by atoms with Gasteiger partial charge in [0.25, 0.3) is 0 Å². The number of benzene rings is 2. The second-order valence-corrected chi connectivity index (χ2v) is 5.38. The normalized spacial score (nSPS) is 10.8. The van der Waals surface area contributed by atoms with Crippen molar-refractivity contribution in [3.63, 3.8) is 0 Å². The van der Waals surface area contributed by atoms with Crippen molar-refractivity contribution in [3.8, 4) is 17.3 Å². The fourth-order valence-corrected chi connectivity index (χ4v) is 2.38.